The second-order valence-electron chi connectivity index (χ2n) is 9.87. The molecular formula is C27H37F3N2O2. The van der Waals surface area contributed by atoms with Gasteiger partial charge in [0.15, 0.2) is 6.04 Å². The monoisotopic (exact) mass is 478 g/mol. The number of fused-ring (bicyclic) bond motifs is 1. The van der Waals surface area contributed by atoms with Gasteiger partial charge in [0.2, 0.25) is 5.91 Å². The van der Waals surface area contributed by atoms with E-state index in [1.54, 1.807) is 32.0 Å². The largest absolute Gasteiger partial charge is 0.493 e. The molecule has 0 saturated carbocycles. The normalized spacial score (nSPS) is 17.2. The Bertz CT molecular complexity index is 959. The number of unbranched alkanes of at least 4 members (excludes halogenated alkanes) is 7. The van der Waals surface area contributed by atoms with E-state index in [9.17, 15) is 18.0 Å². The summed E-state index contributed by atoms with van der Waals surface area (Å²) in [5.41, 5.74) is 1.49. The fourth-order valence-corrected chi connectivity index (χ4v) is 4.73. The SMILES string of the molecule is CCCCCCCCCCOc1c(C(N2NC(=O)CC2(C)C)C(F)(F)F)ccc2ccccc12. The van der Waals surface area contributed by atoms with Crippen LogP contribution in [0.25, 0.3) is 10.8 Å². The molecule has 1 fully saturated rings. The Morgan fingerprint density at radius 1 is 1.00 bits per heavy atom. The molecule has 1 atom stereocenters. The number of hydrogen-bond acceptors (Lipinski definition) is 3. The van der Waals surface area contributed by atoms with Crippen LogP contribution in [0.2, 0.25) is 0 Å². The summed E-state index contributed by atoms with van der Waals surface area (Å²) in [5.74, 6) is -0.165. The summed E-state index contributed by atoms with van der Waals surface area (Å²) < 4.78 is 49.5. The van der Waals surface area contributed by atoms with Crippen molar-refractivity contribution in [3.8, 4) is 5.75 Å². The van der Waals surface area contributed by atoms with E-state index in [0.717, 1.165) is 29.7 Å². The molecule has 2 aromatic rings. The first kappa shape index (κ1) is 26.3. The zero-order valence-electron chi connectivity index (χ0n) is 20.5. The summed E-state index contributed by atoms with van der Waals surface area (Å²) >= 11 is 0. The van der Waals surface area contributed by atoms with Crippen molar-refractivity contribution in [1.82, 2.24) is 10.4 Å². The number of carbonyl (C=O) groups excluding carboxylic acids is 1. The maximum atomic E-state index is 14.5. The topological polar surface area (TPSA) is 41.6 Å². The molecule has 1 N–H and O–H groups in total. The van der Waals surface area contributed by atoms with E-state index in [0.29, 0.717) is 12.0 Å². The quantitative estimate of drug-likeness (QED) is 0.322. The van der Waals surface area contributed by atoms with Crippen LogP contribution in [0.15, 0.2) is 36.4 Å². The van der Waals surface area contributed by atoms with Gasteiger partial charge in [-0.3, -0.25) is 10.2 Å². The number of alkyl halides is 3. The zero-order chi connectivity index (χ0) is 24.8. The molecule has 0 radical (unpaired) electrons. The van der Waals surface area contributed by atoms with Crippen LogP contribution in [0.5, 0.6) is 5.75 Å². The summed E-state index contributed by atoms with van der Waals surface area (Å²) in [6.07, 6.45) is 4.44. The van der Waals surface area contributed by atoms with Crippen molar-refractivity contribution in [2.75, 3.05) is 6.61 Å². The van der Waals surface area contributed by atoms with Gasteiger partial charge in [-0.25, -0.2) is 0 Å². The molecule has 1 aliphatic rings. The van der Waals surface area contributed by atoms with Crippen LogP contribution in [0.1, 0.15) is 90.2 Å². The lowest BCUT2D eigenvalue weighted by Gasteiger charge is -2.38. The van der Waals surface area contributed by atoms with Gasteiger partial charge in [-0.1, -0.05) is 88.3 Å². The number of nitrogens with one attached hydrogen (secondary N) is 1. The van der Waals surface area contributed by atoms with Gasteiger partial charge < -0.3 is 4.74 Å². The number of halogens is 3. The van der Waals surface area contributed by atoms with Gasteiger partial charge >= 0.3 is 6.18 Å². The molecule has 1 heterocycles. The molecule has 1 amide bonds. The predicted molar refractivity (Wildman–Crippen MR) is 130 cm³/mol. The van der Waals surface area contributed by atoms with Crippen LogP contribution in [0.3, 0.4) is 0 Å². The third-order valence-electron chi connectivity index (χ3n) is 6.51. The minimum absolute atomic E-state index is 0.00160. The number of amides is 1. The minimum atomic E-state index is -4.60. The summed E-state index contributed by atoms with van der Waals surface area (Å²) in [5, 5.41) is 2.52. The van der Waals surface area contributed by atoms with Gasteiger partial charge in [0.05, 0.1) is 6.61 Å². The second-order valence-corrected chi connectivity index (χ2v) is 9.87. The third kappa shape index (κ3) is 6.44. The van der Waals surface area contributed by atoms with Gasteiger partial charge in [0.25, 0.3) is 0 Å². The minimum Gasteiger partial charge on any atom is -0.493 e. The van der Waals surface area contributed by atoms with Crippen molar-refractivity contribution in [2.24, 2.45) is 0 Å². The second kappa shape index (κ2) is 11.4. The van der Waals surface area contributed by atoms with Crippen molar-refractivity contribution in [1.29, 1.82) is 0 Å². The van der Waals surface area contributed by atoms with Crippen LogP contribution in [0, 0.1) is 0 Å². The summed E-state index contributed by atoms with van der Waals surface area (Å²) in [6, 6.07) is 8.50. The molecule has 1 saturated heterocycles. The molecule has 0 bridgehead atoms. The summed E-state index contributed by atoms with van der Waals surface area (Å²) in [4.78, 5) is 12.0. The van der Waals surface area contributed by atoms with Crippen LogP contribution < -0.4 is 10.2 Å². The van der Waals surface area contributed by atoms with Gasteiger partial charge in [-0.15, -0.1) is 0 Å². The molecular weight excluding hydrogens is 441 g/mol. The molecule has 34 heavy (non-hydrogen) atoms. The Labute approximate surface area is 200 Å². The first-order valence-electron chi connectivity index (χ1n) is 12.4. The molecule has 3 rings (SSSR count). The van der Waals surface area contributed by atoms with Gasteiger partial charge in [0, 0.05) is 22.9 Å². The molecule has 0 aliphatic carbocycles. The zero-order valence-corrected chi connectivity index (χ0v) is 20.5. The van der Waals surface area contributed by atoms with E-state index in [-0.39, 0.29) is 17.7 Å². The Morgan fingerprint density at radius 3 is 2.26 bits per heavy atom. The first-order valence-corrected chi connectivity index (χ1v) is 12.4. The van der Waals surface area contributed by atoms with Gasteiger partial charge in [-0.05, 0) is 25.7 Å². The number of ether oxygens (including phenoxy) is 1. The molecule has 0 aromatic heterocycles. The summed E-state index contributed by atoms with van der Waals surface area (Å²) in [7, 11) is 0. The lowest BCUT2D eigenvalue weighted by molar-refractivity contribution is -0.204. The fourth-order valence-electron chi connectivity index (χ4n) is 4.73. The van der Waals surface area contributed by atoms with Crippen LogP contribution >= 0.6 is 0 Å². The van der Waals surface area contributed by atoms with Gasteiger partial charge in [-0.2, -0.15) is 18.2 Å². The van der Waals surface area contributed by atoms with Crippen molar-refractivity contribution >= 4 is 16.7 Å². The average Bonchev–Trinajstić information content (AvgIpc) is 3.04. The molecule has 1 unspecified atom stereocenters. The highest BCUT2D eigenvalue weighted by atomic mass is 19.4. The number of benzene rings is 2. The smallest absolute Gasteiger partial charge is 0.410 e. The molecule has 2 aromatic carbocycles. The molecule has 0 spiro atoms. The number of hydrogen-bond donors (Lipinski definition) is 1. The van der Waals surface area contributed by atoms with E-state index in [4.69, 9.17) is 4.74 Å². The summed E-state index contributed by atoms with van der Waals surface area (Å²) in [6.45, 7) is 5.84. The number of nitrogens with zero attached hydrogens (tertiary/aromatic N) is 1. The van der Waals surface area contributed by atoms with Crippen molar-refractivity contribution in [2.45, 2.75) is 96.3 Å². The van der Waals surface area contributed by atoms with Crippen molar-refractivity contribution in [3.63, 3.8) is 0 Å². The number of rotatable bonds is 12. The standard InChI is InChI=1S/C27H37F3N2O2/c1-4-5-6-7-8-9-10-13-18-34-24-21-15-12-11-14-20(21)16-17-22(24)25(27(28,29)30)32-26(2,3)19-23(33)31-32/h11-12,14-17,25H,4-10,13,18-19H2,1-3H3,(H,31,33). The van der Waals surface area contributed by atoms with Crippen LogP contribution in [0.4, 0.5) is 13.2 Å². The average molecular weight is 479 g/mol. The lowest BCUT2D eigenvalue weighted by Crippen LogP contribution is -2.51. The number of carbonyl (C=O) groups is 1. The maximum Gasteiger partial charge on any atom is 0.410 e. The first-order chi connectivity index (χ1) is 16.1. The Kier molecular flexibility index (Phi) is 8.85. The molecule has 1 aliphatic heterocycles. The number of hydrazine groups is 1. The third-order valence-corrected chi connectivity index (χ3v) is 6.51. The van der Waals surface area contributed by atoms with E-state index in [1.165, 1.54) is 38.2 Å². The van der Waals surface area contributed by atoms with E-state index < -0.39 is 23.7 Å². The van der Waals surface area contributed by atoms with Crippen molar-refractivity contribution < 1.29 is 22.7 Å². The molecule has 188 valence electrons. The van der Waals surface area contributed by atoms with E-state index >= 15 is 0 Å². The van der Waals surface area contributed by atoms with E-state index in [2.05, 4.69) is 12.3 Å². The highest BCUT2D eigenvalue weighted by Gasteiger charge is 2.54. The Morgan fingerprint density at radius 2 is 1.65 bits per heavy atom. The predicted octanol–water partition coefficient (Wildman–Crippen LogP) is 7.48. The maximum absolute atomic E-state index is 14.5. The highest BCUT2D eigenvalue weighted by molar-refractivity contribution is 5.90. The highest BCUT2D eigenvalue weighted by Crippen LogP contribution is 2.47. The lowest BCUT2D eigenvalue weighted by atomic mass is 9.94. The fraction of sp³-hybridized carbons (Fsp3) is 0.593. The van der Waals surface area contributed by atoms with Crippen LogP contribution in [-0.2, 0) is 4.79 Å². The van der Waals surface area contributed by atoms with Gasteiger partial charge in [0.1, 0.15) is 5.75 Å². The Balaban J connectivity index is 1.83. The van der Waals surface area contributed by atoms with Crippen LogP contribution in [-0.4, -0.2) is 29.2 Å². The Hall–Kier alpha value is -2.28. The molecule has 4 nitrogen and oxygen atoms in total. The van der Waals surface area contributed by atoms with E-state index in [1.807, 2.05) is 12.1 Å². The molecule has 7 heteroatoms. The van der Waals surface area contributed by atoms with Crippen molar-refractivity contribution in [3.05, 3.63) is 42.0 Å².